The number of likely N-dealkylation sites (tertiary alicyclic amines) is 1. The van der Waals surface area contributed by atoms with Gasteiger partial charge in [0.25, 0.3) is 5.91 Å². The second-order valence-electron chi connectivity index (χ2n) is 5.32. The molecular formula is C15H22N2O3. The van der Waals surface area contributed by atoms with Crippen LogP contribution in [0.2, 0.25) is 0 Å². The Hall–Kier alpha value is -1.75. The van der Waals surface area contributed by atoms with Crippen LogP contribution in [0.5, 0.6) is 5.75 Å². The van der Waals surface area contributed by atoms with Crippen LogP contribution in [0.1, 0.15) is 19.8 Å². The molecule has 1 saturated heterocycles. The molecule has 1 aromatic carbocycles. The van der Waals surface area contributed by atoms with E-state index in [4.69, 9.17) is 10.5 Å². The number of amides is 1. The normalized spacial score (nSPS) is 17.8. The number of carbonyl (C=O) groups is 1. The van der Waals surface area contributed by atoms with Gasteiger partial charge in [0.1, 0.15) is 5.75 Å². The molecule has 20 heavy (non-hydrogen) atoms. The zero-order valence-electron chi connectivity index (χ0n) is 11.8. The first-order valence-corrected chi connectivity index (χ1v) is 7.00. The zero-order valence-corrected chi connectivity index (χ0v) is 11.8. The molecule has 1 fully saturated rings. The third kappa shape index (κ3) is 3.87. The van der Waals surface area contributed by atoms with E-state index < -0.39 is 0 Å². The van der Waals surface area contributed by atoms with E-state index in [2.05, 4.69) is 0 Å². The molecule has 0 aromatic heterocycles. The minimum atomic E-state index is -0.296. The van der Waals surface area contributed by atoms with Crippen LogP contribution in [0.4, 0.5) is 5.69 Å². The van der Waals surface area contributed by atoms with Gasteiger partial charge in [0.2, 0.25) is 0 Å². The molecule has 0 saturated carbocycles. The molecule has 1 aliphatic heterocycles. The topological polar surface area (TPSA) is 75.8 Å². The smallest absolute Gasteiger partial charge is 0.260 e. The fraction of sp³-hybridized carbons (Fsp3) is 0.533. The molecule has 1 heterocycles. The predicted octanol–water partition coefficient (Wildman–Crippen LogP) is 1.27. The Morgan fingerprint density at radius 2 is 2.20 bits per heavy atom. The number of carbonyl (C=O) groups excluding carboxylic acids is 1. The number of piperidine rings is 1. The molecule has 5 nitrogen and oxygen atoms in total. The Balaban J connectivity index is 1.78. The molecular weight excluding hydrogens is 256 g/mol. The van der Waals surface area contributed by atoms with Crippen LogP contribution in [0.15, 0.2) is 24.3 Å². The van der Waals surface area contributed by atoms with Crippen LogP contribution in [-0.2, 0) is 4.79 Å². The summed E-state index contributed by atoms with van der Waals surface area (Å²) in [5, 5.41) is 9.54. The van der Waals surface area contributed by atoms with E-state index in [1.807, 2.05) is 6.92 Å². The number of hydrogen-bond acceptors (Lipinski definition) is 4. The summed E-state index contributed by atoms with van der Waals surface area (Å²) >= 11 is 0. The van der Waals surface area contributed by atoms with Crippen molar-refractivity contribution in [2.24, 2.45) is 5.92 Å². The monoisotopic (exact) mass is 278 g/mol. The quantitative estimate of drug-likeness (QED) is 0.813. The van der Waals surface area contributed by atoms with Crippen molar-refractivity contribution in [1.29, 1.82) is 0 Å². The number of ether oxygens (including phenoxy) is 1. The van der Waals surface area contributed by atoms with E-state index in [0.717, 1.165) is 12.8 Å². The first-order valence-electron chi connectivity index (χ1n) is 7.00. The van der Waals surface area contributed by atoms with Crippen molar-refractivity contribution in [2.75, 3.05) is 25.4 Å². The maximum Gasteiger partial charge on any atom is 0.260 e. The Morgan fingerprint density at radius 1 is 1.50 bits per heavy atom. The molecule has 0 spiro atoms. The lowest BCUT2D eigenvalue weighted by molar-refractivity contribution is -0.135. The maximum absolute atomic E-state index is 12.0. The Morgan fingerprint density at radius 3 is 2.80 bits per heavy atom. The number of benzene rings is 1. The summed E-state index contributed by atoms with van der Waals surface area (Å²) in [4.78, 5) is 13.8. The number of aliphatic hydroxyl groups is 1. The van der Waals surface area contributed by atoms with Gasteiger partial charge in [-0.15, -0.1) is 0 Å². The van der Waals surface area contributed by atoms with Gasteiger partial charge in [0, 0.05) is 24.8 Å². The minimum absolute atomic E-state index is 0.0172. The van der Waals surface area contributed by atoms with E-state index in [1.165, 1.54) is 0 Å². The Bertz CT molecular complexity index is 454. The van der Waals surface area contributed by atoms with Gasteiger partial charge in [-0.2, -0.15) is 0 Å². The number of nitrogen functional groups attached to an aromatic ring is 1. The highest BCUT2D eigenvalue weighted by molar-refractivity contribution is 5.77. The van der Waals surface area contributed by atoms with Gasteiger partial charge in [-0.3, -0.25) is 4.79 Å². The van der Waals surface area contributed by atoms with E-state index in [1.54, 1.807) is 29.2 Å². The molecule has 5 heteroatoms. The summed E-state index contributed by atoms with van der Waals surface area (Å²) in [5.41, 5.74) is 6.27. The highest BCUT2D eigenvalue weighted by Crippen LogP contribution is 2.21. The standard InChI is InChI=1S/C15H22N2O3/c1-11(18)12-5-7-17(8-6-12)15(19)10-20-14-4-2-3-13(16)9-14/h2-4,9,11-12,18H,5-8,10,16H2,1H3. The molecule has 0 bridgehead atoms. The van der Waals surface area contributed by atoms with Crippen molar-refractivity contribution in [3.05, 3.63) is 24.3 Å². The third-order valence-electron chi connectivity index (χ3n) is 3.79. The third-order valence-corrected chi connectivity index (χ3v) is 3.79. The molecule has 1 aromatic rings. The molecule has 110 valence electrons. The molecule has 1 aliphatic rings. The van der Waals surface area contributed by atoms with Gasteiger partial charge in [0.15, 0.2) is 6.61 Å². The zero-order chi connectivity index (χ0) is 14.5. The maximum atomic E-state index is 12.0. The van der Waals surface area contributed by atoms with Crippen LogP contribution >= 0.6 is 0 Å². The van der Waals surface area contributed by atoms with Crippen molar-refractivity contribution < 1.29 is 14.6 Å². The van der Waals surface area contributed by atoms with Crippen LogP contribution in [0.25, 0.3) is 0 Å². The molecule has 2 rings (SSSR count). The second-order valence-corrected chi connectivity index (χ2v) is 5.32. The lowest BCUT2D eigenvalue weighted by Gasteiger charge is -2.33. The fourth-order valence-electron chi connectivity index (χ4n) is 2.47. The predicted molar refractivity (Wildman–Crippen MR) is 77.3 cm³/mol. The highest BCUT2D eigenvalue weighted by atomic mass is 16.5. The minimum Gasteiger partial charge on any atom is -0.484 e. The molecule has 0 aliphatic carbocycles. The van der Waals surface area contributed by atoms with E-state index >= 15 is 0 Å². The number of anilines is 1. The van der Waals surface area contributed by atoms with Crippen LogP contribution in [-0.4, -0.2) is 41.7 Å². The molecule has 3 N–H and O–H groups in total. The summed E-state index contributed by atoms with van der Waals surface area (Å²) in [5.74, 6) is 0.891. The van der Waals surface area contributed by atoms with Gasteiger partial charge in [-0.05, 0) is 37.8 Å². The van der Waals surface area contributed by atoms with Gasteiger partial charge >= 0.3 is 0 Å². The number of rotatable bonds is 4. The van der Waals surface area contributed by atoms with Crippen molar-refractivity contribution in [1.82, 2.24) is 4.90 Å². The lowest BCUT2D eigenvalue weighted by atomic mass is 9.92. The first kappa shape index (κ1) is 14.7. The van der Waals surface area contributed by atoms with Crippen molar-refractivity contribution in [3.63, 3.8) is 0 Å². The lowest BCUT2D eigenvalue weighted by Crippen LogP contribution is -2.42. The van der Waals surface area contributed by atoms with E-state index in [9.17, 15) is 9.90 Å². The SMILES string of the molecule is CC(O)C1CCN(C(=O)COc2cccc(N)c2)CC1. The van der Waals surface area contributed by atoms with Crippen molar-refractivity contribution in [2.45, 2.75) is 25.9 Å². The summed E-state index contributed by atoms with van der Waals surface area (Å²) in [6, 6.07) is 7.05. The van der Waals surface area contributed by atoms with Gasteiger partial charge < -0.3 is 20.5 Å². The van der Waals surface area contributed by atoms with E-state index in [0.29, 0.717) is 30.4 Å². The number of nitrogens with zero attached hydrogens (tertiary/aromatic N) is 1. The first-order chi connectivity index (χ1) is 9.56. The Kier molecular flexibility index (Phi) is 4.84. The van der Waals surface area contributed by atoms with Crippen molar-refractivity contribution in [3.8, 4) is 5.75 Å². The molecule has 1 atom stereocenters. The molecule has 0 radical (unpaired) electrons. The van der Waals surface area contributed by atoms with Gasteiger partial charge in [-0.25, -0.2) is 0 Å². The molecule has 1 amide bonds. The number of aliphatic hydroxyl groups excluding tert-OH is 1. The average molecular weight is 278 g/mol. The van der Waals surface area contributed by atoms with Crippen molar-refractivity contribution >= 4 is 11.6 Å². The van der Waals surface area contributed by atoms with Crippen LogP contribution in [0, 0.1) is 5.92 Å². The number of nitrogens with two attached hydrogens (primary N) is 1. The average Bonchev–Trinajstić information content (AvgIpc) is 2.45. The largest absolute Gasteiger partial charge is 0.484 e. The fourth-order valence-corrected chi connectivity index (χ4v) is 2.47. The van der Waals surface area contributed by atoms with Crippen LogP contribution < -0.4 is 10.5 Å². The summed E-state index contributed by atoms with van der Waals surface area (Å²) in [6.45, 7) is 3.22. The van der Waals surface area contributed by atoms with E-state index in [-0.39, 0.29) is 18.6 Å². The molecule has 1 unspecified atom stereocenters. The van der Waals surface area contributed by atoms with Gasteiger partial charge in [0.05, 0.1) is 6.10 Å². The highest BCUT2D eigenvalue weighted by Gasteiger charge is 2.25. The Labute approximate surface area is 119 Å². The van der Waals surface area contributed by atoms with Crippen LogP contribution in [0.3, 0.4) is 0 Å². The summed E-state index contributed by atoms with van der Waals surface area (Å²) in [6.07, 6.45) is 1.40. The number of hydrogen-bond donors (Lipinski definition) is 2. The summed E-state index contributed by atoms with van der Waals surface area (Å²) in [7, 11) is 0. The van der Waals surface area contributed by atoms with Gasteiger partial charge in [-0.1, -0.05) is 6.07 Å². The summed E-state index contributed by atoms with van der Waals surface area (Å²) < 4.78 is 5.46. The second kappa shape index (κ2) is 6.61.